The van der Waals surface area contributed by atoms with Crippen molar-refractivity contribution in [2.45, 2.75) is 18.6 Å². The minimum absolute atomic E-state index is 0.113. The Morgan fingerprint density at radius 2 is 2.12 bits per heavy atom. The maximum atomic E-state index is 12.2. The zero-order valence-corrected chi connectivity index (χ0v) is 15.4. The average Bonchev–Trinajstić information content (AvgIpc) is 2.99. The van der Waals surface area contributed by atoms with Crippen LogP contribution in [0.3, 0.4) is 0 Å². The van der Waals surface area contributed by atoms with Crippen LogP contribution < -0.4 is 5.32 Å². The summed E-state index contributed by atoms with van der Waals surface area (Å²) in [5, 5.41) is 14.5. The zero-order chi connectivity index (χ0) is 18.7. The van der Waals surface area contributed by atoms with Crippen molar-refractivity contribution < 1.29 is 9.72 Å². The third-order valence-electron chi connectivity index (χ3n) is 3.70. The molecule has 1 N–H and O–H groups in total. The van der Waals surface area contributed by atoms with Crippen LogP contribution in [0.4, 0.5) is 11.4 Å². The van der Waals surface area contributed by atoms with Crippen molar-refractivity contribution in [1.82, 2.24) is 9.55 Å². The number of hydrogen-bond acceptors (Lipinski definition) is 5. The van der Waals surface area contributed by atoms with Gasteiger partial charge in [-0.05, 0) is 25.1 Å². The fraction of sp³-hybridized carbons (Fsp3) is 0.176. The van der Waals surface area contributed by atoms with Gasteiger partial charge in [-0.2, -0.15) is 0 Å². The number of carbonyl (C=O) groups excluding carboxylic acids is 1. The van der Waals surface area contributed by atoms with Gasteiger partial charge in [0, 0.05) is 18.7 Å². The molecule has 0 radical (unpaired) electrons. The summed E-state index contributed by atoms with van der Waals surface area (Å²) in [6, 6.07) is 11.7. The lowest BCUT2D eigenvalue weighted by Crippen LogP contribution is -2.15. The molecule has 0 fully saturated rings. The van der Waals surface area contributed by atoms with Crippen LogP contribution in [0.1, 0.15) is 6.92 Å². The lowest BCUT2D eigenvalue weighted by Gasteiger charge is -2.08. The molecule has 7 nitrogen and oxygen atoms in total. The largest absolute Gasteiger partial charge is 0.324 e. The van der Waals surface area contributed by atoms with E-state index < -0.39 is 4.92 Å². The Hall–Kier alpha value is -2.58. The number of benzene rings is 2. The Labute approximate surface area is 158 Å². The summed E-state index contributed by atoms with van der Waals surface area (Å²) in [7, 11) is 0. The number of nitrogens with one attached hydrogen (secondary N) is 1. The highest BCUT2D eigenvalue weighted by Gasteiger charge is 2.14. The van der Waals surface area contributed by atoms with E-state index in [1.807, 2.05) is 35.8 Å². The molecule has 0 unspecified atom stereocenters. The van der Waals surface area contributed by atoms with E-state index >= 15 is 0 Å². The van der Waals surface area contributed by atoms with Crippen LogP contribution in [0.25, 0.3) is 11.0 Å². The molecule has 3 rings (SSSR count). The number of nitro groups is 1. The molecule has 0 saturated heterocycles. The summed E-state index contributed by atoms with van der Waals surface area (Å²) in [5.41, 5.74) is 1.97. The molecule has 0 atom stereocenters. The molecule has 134 valence electrons. The number of nitrogens with zero attached hydrogens (tertiary/aromatic N) is 3. The molecule has 1 amide bonds. The van der Waals surface area contributed by atoms with Crippen LogP contribution in [-0.2, 0) is 11.3 Å². The second-order valence-electron chi connectivity index (χ2n) is 5.39. The molecular weight excluding hydrogens is 376 g/mol. The summed E-state index contributed by atoms with van der Waals surface area (Å²) in [6.07, 6.45) is 0. The average molecular weight is 391 g/mol. The van der Waals surface area contributed by atoms with Gasteiger partial charge in [0.15, 0.2) is 5.16 Å². The molecule has 0 saturated carbocycles. The van der Waals surface area contributed by atoms with Gasteiger partial charge in [-0.1, -0.05) is 35.5 Å². The number of thioether (sulfide) groups is 1. The Morgan fingerprint density at radius 3 is 2.85 bits per heavy atom. The molecule has 3 aromatic rings. The molecule has 0 aliphatic heterocycles. The van der Waals surface area contributed by atoms with Crippen LogP contribution >= 0.6 is 23.4 Å². The number of fused-ring (bicyclic) bond motifs is 1. The lowest BCUT2D eigenvalue weighted by molar-refractivity contribution is -0.384. The number of aromatic nitrogens is 2. The van der Waals surface area contributed by atoms with Gasteiger partial charge in [-0.3, -0.25) is 14.9 Å². The van der Waals surface area contributed by atoms with Gasteiger partial charge in [0.25, 0.3) is 5.69 Å². The van der Waals surface area contributed by atoms with Gasteiger partial charge >= 0.3 is 0 Å². The summed E-state index contributed by atoms with van der Waals surface area (Å²) >= 11 is 7.31. The maximum Gasteiger partial charge on any atom is 0.271 e. The van der Waals surface area contributed by atoms with Gasteiger partial charge in [0.2, 0.25) is 5.91 Å². The molecule has 1 aromatic heterocycles. The lowest BCUT2D eigenvalue weighted by atomic mass is 10.3. The third kappa shape index (κ3) is 3.81. The molecule has 26 heavy (non-hydrogen) atoms. The number of anilines is 1. The van der Waals surface area contributed by atoms with E-state index in [2.05, 4.69) is 10.3 Å². The standard InChI is InChI=1S/C17H15ClN4O3S/c1-2-21-15-6-4-3-5-13(15)20-17(21)26-10-16(23)19-14-9-11(22(24)25)7-8-12(14)18/h3-9H,2,10H2,1H3,(H,19,23). The van der Waals surface area contributed by atoms with E-state index in [0.717, 1.165) is 22.7 Å². The van der Waals surface area contributed by atoms with E-state index in [4.69, 9.17) is 11.6 Å². The number of amides is 1. The SMILES string of the molecule is CCn1c(SCC(=O)Nc2cc([N+](=O)[O-])ccc2Cl)nc2ccccc21. The molecule has 1 heterocycles. The minimum atomic E-state index is -0.537. The summed E-state index contributed by atoms with van der Waals surface area (Å²) in [4.78, 5) is 27.1. The fourth-order valence-electron chi connectivity index (χ4n) is 2.51. The number of rotatable bonds is 6. The predicted octanol–water partition coefficient (Wildman–Crippen LogP) is 4.35. The first-order valence-corrected chi connectivity index (χ1v) is 9.17. The highest BCUT2D eigenvalue weighted by molar-refractivity contribution is 7.99. The zero-order valence-electron chi connectivity index (χ0n) is 13.8. The highest BCUT2D eigenvalue weighted by atomic mass is 35.5. The topological polar surface area (TPSA) is 90.1 Å². The second-order valence-corrected chi connectivity index (χ2v) is 6.74. The van der Waals surface area contributed by atoms with Crippen LogP contribution in [-0.4, -0.2) is 26.1 Å². The predicted molar refractivity (Wildman–Crippen MR) is 103 cm³/mol. The Balaban J connectivity index is 1.72. The van der Waals surface area contributed by atoms with E-state index in [1.54, 1.807) is 0 Å². The Kier molecular flexibility index (Phi) is 5.43. The first kappa shape index (κ1) is 18.2. The molecule has 0 aliphatic carbocycles. The molecule has 9 heteroatoms. The highest BCUT2D eigenvalue weighted by Crippen LogP contribution is 2.28. The van der Waals surface area contributed by atoms with Gasteiger partial charge in [0.1, 0.15) is 0 Å². The van der Waals surface area contributed by atoms with Gasteiger partial charge in [-0.15, -0.1) is 0 Å². The maximum absolute atomic E-state index is 12.2. The van der Waals surface area contributed by atoms with Crippen molar-refractivity contribution in [1.29, 1.82) is 0 Å². The van der Waals surface area contributed by atoms with E-state index in [1.165, 1.54) is 30.0 Å². The third-order valence-corrected chi connectivity index (χ3v) is 5.01. The number of carbonyl (C=O) groups is 1. The summed E-state index contributed by atoms with van der Waals surface area (Å²) in [6.45, 7) is 2.75. The number of halogens is 1. The van der Waals surface area contributed by atoms with Crippen LogP contribution in [0.2, 0.25) is 5.02 Å². The van der Waals surface area contributed by atoms with Gasteiger partial charge < -0.3 is 9.88 Å². The molecule has 0 bridgehead atoms. The van der Waals surface area contributed by atoms with Crippen molar-refractivity contribution in [3.8, 4) is 0 Å². The van der Waals surface area contributed by atoms with Gasteiger partial charge in [-0.25, -0.2) is 4.98 Å². The quantitative estimate of drug-likeness (QED) is 0.384. The summed E-state index contributed by atoms with van der Waals surface area (Å²) in [5.74, 6) is -0.199. The fourth-order valence-corrected chi connectivity index (χ4v) is 3.55. The smallest absolute Gasteiger partial charge is 0.271 e. The Bertz CT molecular complexity index is 989. The van der Waals surface area contributed by atoms with Gasteiger partial charge in [0.05, 0.1) is 32.4 Å². The van der Waals surface area contributed by atoms with Crippen molar-refractivity contribution in [2.75, 3.05) is 11.1 Å². The Morgan fingerprint density at radius 1 is 1.35 bits per heavy atom. The first-order valence-electron chi connectivity index (χ1n) is 7.81. The van der Waals surface area contributed by atoms with Crippen LogP contribution in [0.5, 0.6) is 0 Å². The number of imidazole rings is 1. The molecule has 0 spiro atoms. The number of nitro benzene ring substituents is 1. The molecule has 0 aliphatic rings. The minimum Gasteiger partial charge on any atom is -0.324 e. The monoisotopic (exact) mass is 390 g/mol. The van der Waals surface area contributed by atoms with E-state index in [0.29, 0.717) is 0 Å². The van der Waals surface area contributed by atoms with E-state index in [-0.39, 0.29) is 28.1 Å². The van der Waals surface area contributed by atoms with Crippen molar-refractivity contribution >= 4 is 51.7 Å². The number of para-hydroxylation sites is 2. The number of aryl methyl sites for hydroxylation is 1. The summed E-state index contributed by atoms with van der Waals surface area (Å²) < 4.78 is 2.04. The number of non-ortho nitro benzene ring substituents is 1. The second kappa shape index (κ2) is 7.76. The molecular formula is C17H15ClN4O3S. The number of hydrogen-bond donors (Lipinski definition) is 1. The normalized spacial score (nSPS) is 10.8. The van der Waals surface area contributed by atoms with Crippen molar-refractivity contribution in [3.05, 3.63) is 57.6 Å². The van der Waals surface area contributed by atoms with E-state index in [9.17, 15) is 14.9 Å². The van der Waals surface area contributed by atoms with Crippen LogP contribution in [0.15, 0.2) is 47.6 Å². The van der Waals surface area contributed by atoms with Crippen molar-refractivity contribution in [3.63, 3.8) is 0 Å². The first-order chi connectivity index (χ1) is 12.5. The van der Waals surface area contributed by atoms with Crippen LogP contribution in [0, 0.1) is 10.1 Å². The molecule has 2 aromatic carbocycles. The van der Waals surface area contributed by atoms with Crippen molar-refractivity contribution in [2.24, 2.45) is 0 Å².